The number of aromatic nitrogens is 2. The standard InChI is InChI=1S/C12H20N2O3S/c1-8(2)5-11-13-10(14-17-11)7-18-6-9(3)12(15)16-4/h8-9H,5-7H2,1-4H3. The third-order valence-corrected chi connectivity index (χ3v) is 3.49. The lowest BCUT2D eigenvalue weighted by Crippen LogP contribution is -2.14. The second-order valence-corrected chi connectivity index (χ2v) is 5.67. The van der Waals surface area contributed by atoms with Gasteiger partial charge in [-0.05, 0) is 5.92 Å². The Bertz CT molecular complexity index is 379. The number of esters is 1. The molecule has 18 heavy (non-hydrogen) atoms. The van der Waals surface area contributed by atoms with Crippen LogP contribution in [0.25, 0.3) is 0 Å². The minimum Gasteiger partial charge on any atom is -0.469 e. The van der Waals surface area contributed by atoms with Crippen LogP contribution in [0.15, 0.2) is 4.52 Å². The van der Waals surface area contributed by atoms with Gasteiger partial charge in [0, 0.05) is 12.2 Å². The summed E-state index contributed by atoms with van der Waals surface area (Å²) in [5.41, 5.74) is 0. The fourth-order valence-corrected chi connectivity index (χ4v) is 2.28. The Kier molecular flexibility index (Phi) is 6.18. The number of thioether (sulfide) groups is 1. The van der Waals surface area contributed by atoms with Crippen molar-refractivity contribution in [3.63, 3.8) is 0 Å². The number of nitrogens with zero attached hydrogens (tertiary/aromatic N) is 2. The zero-order valence-electron chi connectivity index (χ0n) is 11.3. The first-order valence-electron chi connectivity index (χ1n) is 6.00. The molecule has 0 aromatic carbocycles. The van der Waals surface area contributed by atoms with Gasteiger partial charge in [-0.2, -0.15) is 16.7 Å². The molecule has 0 radical (unpaired) electrons. The lowest BCUT2D eigenvalue weighted by atomic mass is 10.1. The van der Waals surface area contributed by atoms with Gasteiger partial charge in [-0.1, -0.05) is 25.9 Å². The van der Waals surface area contributed by atoms with Crippen LogP contribution in [-0.2, 0) is 21.7 Å². The normalized spacial score (nSPS) is 12.7. The summed E-state index contributed by atoms with van der Waals surface area (Å²) in [6.45, 7) is 6.06. The molecule has 0 saturated heterocycles. The van der Waals surface area contributed by atoms with Crippen molar-refractivity contribution in [2.45, 2.75) is 32.9 Å². The van der Waals surface area contributed by atoms with E-state index in [-0.39, 0.29) is 11.9 Å². The number of ether oxygens (including phenoxy) is 1. The fourth-order valence-electron chi connectivity index (χ4n) is 1.38. The quantitative estimate of drug-likeness (QED) is 0.710. The van der Waals surface area contributed by atoms with Gasteiger partial charge < -0.3 is 9.26 Å². The molecule has 5 nitrogen and oxygen atoms in total. The minimum atomic E-state index is -0.184. The summed E-state index contributed by atoms with van der Waals surface area (Å²) in [5.74, 6) is 2.93. The second kappa shape index (κ2) is 7.41. The van der Waals surface area contributed by atoms with Gasteiger partial charge in [0.05, 0.1) is 18.8 Å². The fraction of sp³-hybridized carbons (Fsp3) is 0.750. The van der Waals surface area contributed by atoms with E-state index in [1.807, 2.05) is 6.92 Å². The van der Waals surface area contributed by atoms with Crippen LogP contribution >= 0.6 is 11.8 Å². The highest BCUT2D eigenvalue weighted by Crippen LogP contribution is 2.15. The smallest absolute Gasteiger partial charge is 0.309 e. The average Bonchev–Trinajstić information content (AvgIpc) is 2.74. The lowest BCUT2D eigenvalue weighted by Gasteiger charge is -2.06. The maximum absolute atomic E-state index is 11.2. The molecule has 0 fully saturated rings. The van der Waals surface area contributed by atoms with Crippen LogP contribution in [0.2, 0.25) is 0 Å². The van der Waals surface area contributed by atoms with Crippen LogP contribution in [0.4, 0.5) is 0 Å². The first-order valence-corrected chi connectivity index (χ1v) is 7.15. The van der Waals surface area contributed by atoms with Gasteiger partial charge in [0.2, 0.25) is 5.89 Å². The van der Waals surface area contributed by atoms with Crippen molar-refractivity contribution in [1.82, 2.24) is 10.1 Å². The van der Waals surface area contributed by atoms with Gasteiger partial charge in [-0.15, -0.1) is 0 Å². The predicted octanol–water partition coefficient (Wildman–Crippen LogP) is 2.31. The molecule has 1 heterocycles. The number of methoxy groups -OCH3 is 1. The Balaban J connectivity index is 2.31. The molecular formula is C12H20N2O3S. The molecule has 1 atom stereocenters. The van der Waals surface area contributed by atoms with Gasteiger partial charge >= 0.3 is 5.97 Å². The minimum absolute atomic E-state index is 0.109. The van der Waals surface area contributed by atoms with Crippen molar-refractivity contribution in [3.05, 3.63) is 11.7 Å². The summed E-state index contributed by atoms with van der Waals surface area (Å²) in [7, 11) is 1.40. The molecule has 0 saturated carbocycles. The van der Waals surface area contributed by atoms with Crippen LogP contribution in [0, 0.1) is 11.8 Å². The average molecular weight is 272 g/mol. The van der Waals surface area contributed by atoms with E-state index < -0.39 is 0 Å². The van der Waals surface area contributed by atoms with Gasteiger partial charge in [0.15, 0.2) is 5.82 Å². The van der Waals surface area contributed by atoms with E-state index in [1.54, 1.807) is 11.8 Å². The zero-order chi connectivity index (χ0) is 13.5. The summed E-state index contributed by atoms with van der Waals surface area (Å²) >= 11 is 1.60. The molecule has 0 aliphatic rings. The lowest BCUT2D eigenvalue weighted by molar-refractivity contribution is -0.143. The van der Waals surface area contributed by atoms with Crippen molar-refractivity contribution in [2.75, 3.05) is 12.9 Å². The first-order chi connectivity index (χ1) is 8.52. The van der Waals surface area contributed by atoms with Crippen molar-refractivity contribution in [2.24, 2.45) is 11.8 Å². The molecular weight excluding hydrogens is 252 g/mol. The van der Waals surface area contributed by atoms with Crippen LogP contribution in [-0.4, -0.2) is 29.0 Å². The van der Waals surface area contributed by atoms with Crippen molar-refractivity contribution >= 4 is 17.7 Å². The van der Waals surface area contributed by atoms with Crippen LogP contribution < -0.4 is 0 Å². The molecule has 1 unspecified atom stereocenters. The Hall–Kier alpha value is -1.04. The van der Waals surface area contributed by atoms with E-state index >= 15 is 0 Å². The maximum atomic E-state index is 11.2. The van der Waals surface area contributed by atoms with E-state index in [1.165, 1.54) is 7.11 Å². The topological polar surface area (TPSA) is 65.2 Å². The van der Waals surface area contributed by atoms with E-state index in [2.05, 4.69) is 28.7 Å². The highest BCUT2D eigenvalue weighted by Gasteiger charge is 2.14. The van der Waals surface area contributed by atoms with Gasteiger partial charge in [-0.25, -0.2) is 0 Å². The summed E-state index contributed by atoms with van der Waals surface area (Å²) < 4.78 is 9.80. The molecule has 0 spiro atoms. The molecule has 6 heteroatoms. The molecule has 0 amide bonds. The summed E-state index contributed by atoms with van der Waals surface area (Å²) in [6, 6.07) is 0. The monoisotopic (exact) mass is 272 g/mol. The van der Waals surface area contributed by atoms with Crippen LogP contribution in [0.1, 0.15) is 32.5 Å². The Morgan fingerprint density at radius 2 is 2.17 bits per heavy atom. The van der Waals surface area contributed by atoms with Crippen molar-refractivity contribution in [3.8, 4) is 0 Å². The van der Waals surface area contributed by atoms with E-state index in [9.17, 15) is 4.79 Å². The van der Waals surface area contributed by atoms with Gasteiger partial charge in [-0.3, -0.25) is 4.79 Å². The molecule has 0 N–H and O–H groups in total. The van der Waals surface area contributed by atoms with Crippen LogP contribution in [0.3, 0.4) is 0 Å². The molecule has 1 rings (SSSR count). The van der Waals surface area contributed by atoms with Crippen molar-refractivity contribution in [1.29, 1.82) is 0 Å². The SMILES string of the molecule is COC(=O)C(C)CSCc1noc(CC(C)C)n1. The Morgan fingerprint density at radius 1 is 1.44 bits per heavy atom. The predicted molar refractivity (Wildman–Crippen MR) is 70.2 cm³/mol. The molecule has 0 aliphatic carbocycles. The second-order valence-electron chi connectivity index (χ2n) is 4.64. The third-order valence-electron chi connectivity index (χ3n) is 2.30. The number of carbonyl (C=O) groups excluding carboxylic acids is 1. The summed E-state index contributed by atoms with van der Waals surface area (Å²) in [5, 5.41) is 3.91. The maximum Gasteiger partial charge on any atom is 0.309 e. The number of rotatable bonds is 7. The molecule has 0 bridgehead atoms. The largest absolute Gasteiger partial charge is 0.469 e. The number of hydrogen-bond donors (Lipinski definition) is 0. The van der Waals surface area contributed by atoms with Gasteiger partial charge in [0.1, 0.15) is 0 Å². The van der Waals surface area contributed by atoms with Gasteiger partial charge in [0.25, 0.3) is 0 Å². The number of carbonyl (C=O) groups is 1. The molecule has 102 valence electrons. The molecule has 0 aliphatic heterocycles. The van der Waals surface area contributed by atoms with E-state index in [0.717, 1.165) is 6.42 Å². The summed E-state index contributed by atoms with van der Waals surface area (Å²) in [6.07, 6.45) is 0.802. The Morgan fingerprint density at radius 3 is 2.78 bits per heavy atom. The third kappa shape index (κ3) is 5.08. The van der Waals surface area contributed by atoms with Crippen molar-refractivity contribution < 1.29 is 14.1 Å². The Labute approximate surface area is 112 Å². The van der Waals surface area contributed by atoms with E-state index in [4.69, 9.17) is 4.52 Å². The first kappa shape index (κ1) is 15.0. The molecule has 1 aromatic rings. The highest BCUT2D eigenvalue weighted by atomic mass is 32.2. The highest BCUT2D eigenvalue weighted by molar-refractivity contribution is 7.98. The zero-order valence-corrected chi connectivity index (χ0v) is 12.1. The van der Waals surface area contributed by atoms with Crippen LogP contribution in [0.5, 0.6) is 0 Å². The summed E-state index contributed by atoms with van der Waals surface area (Å²) in [4.78, 5) is 15.5. The molecule has 1 aromatic heterocycles. The number of hydrogen-bond acceptors (Lipinski definition) is 6. The van der Waals surface area contributed by atoms with E-state index in [0.29, 0.717) is 29.1 Å².